The van der Waals surface area contributed by atoms with Crippen LogP contribution in [0.25, 0.3) is 0 Å². The number of cyclic esters (lactones) is 1. The topological polar surface area (TPSA) is 143 Å². The molecule has 3 unspecified atom stereocenters. The average molecular weight is 877 g/mol. The number of nitrogens with one attached hydrogen (secondary N) is 1. The standard InChI is InChI=1S/C47H70F2N2O11/c1-10-27-12-11-13-37(62-39-17-16-36(51(5)6)24(3)58-39)23(2)42(53)33-21-30-29-19-28(61-47-46(57-9)45(56-8)44(55-7)25(4)59-47)20-32(29)43(54)41(40(30)31(33)22-38(52)60-27)50-35-15-14-26(48)18-34(35)49/h14-15,18,21,23-25,27-32,36-37,39-41,43-47,50,54H,10-13,16-17,19-20,22H2,1-9H3/t23-,24?,25?,27+,28+,29+,30+,31-,32-,36+,37+,39+,40-,41-,43-,44+,45?,46+,47+/m1/s1. The molecule has 1 aromatic carbocycles. The van der Waals surface area contributed by atoms with E-state index in [0.29, 0.717) is 50.5 Å². The first kappa shape index (κ1) is 47.4. The maximum atomic E-state index is 15.5. The Morgan fingerprint density at radius 1 is 0.887 bits per heavy atom. The lowest BCUT2D eigenvalue weighted by atomic mass is 9.62. The van der Waals surface area contributed by atoms with E-state index >= 15 is 9.18 Å². The molecule has 2 saturated carbocycles. The molecule has 3 saturated heterocycles. The van der Waals surface area contributed by atoms with Crippen molar-refractivity contribution >= 4 is 17.4 Å². The Balaban J connectivity index is 1.22. The number of hydrogen-bond donors (Lipinski definition) is 2. The van der Waals surface area contributed by atoms with Gasteiger partial charge in [0, 0.05) is 45.3 Å². The molecule has 62 heavy (non-hydrogen) atoms. The highest BCUT2D eigenvalue weighted by Crippen LogP contribution is 2.57. The van der Waals surface area contributed by atoms with E-state index in [4.69, 9.17) is 37.9 Å². The maximum Gasteiger partial charge on any atom is 0.306 e. The number of carbonyl (C=O) groups is 2. The van der Waals surface area contributed by atoms with Crippen LogP contribution in [0, 0.1) is 47.1 Å². The molecule has 3 heterocycles. The molecule has 3 aliphatic heterocycles. The van der Waals surface area contributed by atoms with Crippen molar-refractivity contribution in [2.45, 2.75) is 165 Å². The van der Waals surface area contributed by atoms with Crippen LogP contribution in [0.5, 0.6) is 0 Å². The van der Waals surface area contributed by atoms with Crippen LogP contribution < -0.4 is 5.32 Å². The molecule has 2 N–H and O–H groups in total. The van der Waals surface area contributed by atoms with Gasteiger partial charge < -0.3 is 53.2 Å². The molecule has 15 heteroatoms. The largest absolute Gasteiger partial charge is 0.462 e. The highest BCUT2D eigenvalue weighted by atomic mass is 19.1. The van der Waals surface area contributed by atoms with Gasteiger partial charge in [-0.2, -0.15) is 0 Å². The van der Waals surface area contributed by atoms with Crippen molar-refractivity contribution in [3.63, 3.8) is 0 Å². The van der Waals surface area contributed by atoms with Crippen LogP contribution >= 0.6 is 0 Å². The number of hydrogen-bond acceptors (Lipinski definition) is 13. The number of likely N-dealkylation sites (N-methyl/N-ethyl adjacent to an activating group) is 1. The number of fused-ring (bicyclic) bond motifs is 5. The number of rotatable bonds is 11. The summed E-state index contributed by atoms with van der Waals surface area (Å²) in [6.45, 7) is 7.85. The quantitative estimate of drug-likeness (QED) is 0.250. The summed E-state index contributed by atoms with van der Waals surface area (Å²) < 4.78 is 79.4. The van der Waals surface area contributed by atoms with E-state index in [-0.39, 0.29) is 72.2 Å². The minimum Gasteiger partial charge on any atom is -0.462 e. The third-order valence-electron chi connectivity index (χ3n) is 15.1. The molecule has 0 amide bonds. The highest BCUT2D eigenvalue weighted by molar-refractivity contribution is 5.99. The third kappa shape index (κ3) is 9.67. The van der Waals surface area contributed by atoms with Gasteiger partial charge in [0.2, 0.25) is 0 Å². The number of aliphatic hydroxyl groups excluding tert-OH is 1. The first-order valence-electron chi connectivity index (χ1n) is 22.9. The average Bonchev–Trinajstić information content (AvgIpc) is 3.82. The fourth-order valence-electron chi connectivity index (χ4n) is 12.0. The van der Waals surface area contributed by atoms with E-state index in [1.807, 2.05) is 40.9 Å². The molecule has 3 aliphatic carbocycles. The fraction of sp³-hybridized carbons (Fsp3) is 0.787. The van der Waals surface area contributed by atoms with Crippen LogP contribution in [0.4, 0.5) is 14.5 Å². The molecule has 19 atom stereocenters. The molecule has 7 rings (SSSR count). The van der Waals surface area contributed by atoms with E-state index in [2.05, 4.69) is 17.1 Å². The molecule has 0 bridgehead atoms. The van der Waals surface area contributed by atoms with Gasteiger partial charge >= 0.3 is 5.97 Å². The Hall–Kier alpha value is -2.60. The predicted octanol–water partition coefficient (Wildman–Crippen LogP) is 6.05. The summed E-state index contributed by atoms with van der Waals surface area (Å²) in [7, 11) is 8.87. The van der Waals surface area contributed by atoms with Crippen molar-refractivity contribution in [3.05, 3.63) is 41.5 Å². The van der Waals surface area contributed by atoms with Gasteiger partial charge in [-0.05, 0) is 121 Å². The summed E-state index contributed by atoms with van der Waals surface area (Å²) in [6.07, 6.45) is 1.63. The molecule has 6 aliphatic rings. The molecule has 5 fully saturated rings. The van der Waals surface area contributed by atoms with E-state index in [1.165, 1.54) is 12.1 Å². The second kappa shape index (κ2) is 20.3. The second-order valence-electron chi connectivity index (χ2n) is 18.9. The summed E-state index contributed by atoms with van der Waals surface area (Å²) in [4.78, 5) is 31.3. The number of carbonyl (C=O) groups excluding carboxylic acids is 2. The normalized spacial score (nSPS) is 42.9. The van der Waals surface area contributed by atoms with Crippen LogP contribution in [-0.2, 0) is 47.5 Å². The number of ketones is 1. The van der Waals surface area contributed by atoms with Gasteiger partial charge in [0.25, 0.3) is 0 Å². The van der Waals surface area contributed by atoms with E-state index in [9.17, 15) is 14.3 Å². The zero-order valence-corrected chi connectivity index (χ0v) is 37.9. The summed E-state index contributed by atoms with van der Waals surface area (Å²) in [5.41, 5.74) is 0.518. The SMILES string of the molecule is CC[C@H]1CCC[C@H](O[C@H]2CC[C@H](N(C)C)C(C)O2)[C@@H](C)C(=O)C2=C[C@H]3[C@@H]4C[C@H](O[C@@H]5OC(C)[C@H](OC)C(OC)[C@@H]5OC)C[C@H]4[C@@H](O)[C@H](Nc4ccc(F)cc4F)[C@H]3[C@@H]2CC(=O)O1. The summed E-state index contributed by atoms with van der Waals surface area (Å²) in [5, 5.41) is 15.8. The first-order valence-corrected chi connectivity index (χ1v) is 22.9. The number of halogens is 2. The van der Waals surface area contributed by atoms with Crippen LogP contribution in [0.1, 0.15) is 85.5 Å². The van der Waals surface area contributed by atoms with Gasteiger partial charge in [0.05, 0.1) is 48.7 Å². The zero-order valence-electron chi connectivity index (χ0n) is 37.9. The number of anilines is 1. The van der Waals surface area contributed by atoms with Gasteiger partial charge in [-0.3, -0.25) is 9.59 Å². The molecule has 0 aromatic heterocycles. The van der Waals surface area contributed by atoms with Gasteiger partial charge in [0.1, 0.15) is 36.1 Å². The van der Waals surface area contributed by atoms with E-state index in [0.717, 1.165) is 12.5 Å². The van der Waals surface area contributed by atoms with Gasteiger partial charge in [0.15, 0.2) is 18.4 Å². The second-order valence-corrected chi connectivity index (χ2v) is 18.9. The van der Waals surface area contributed by atoms with Gasteiger partial charge in [-0.25, -0.2) is 8.78 Å². The number of benzene rings is 1. The van der Waals surface area contributed by atoms with Crippen molar-refractivity contribution in [2.24, 2.45) is 35.5 Å². The summed E-state index contributed by atoms with van der Waals surface area (Å²) >= 11 is 0. The van der Waals surface area contributed by atoms with Crippen LogP contribution in [-0.4, -0.2) is 137 Å². The lowest BCUT2D eigenvalue weighted by Crippen LogP contribution is -2.59. The zero-order chi connectivity index (χ0) is 44.6. The number of allylic oxidation sites excluding steroid dienone is 2. The lowest BCUT2D eigenvalue weighted by Gasteiger charge is -2.47. The number of Topliss-reactive ketones (excluding diaryl/α,β-unsaturated/α-hetero) is 1. The monoisotopic (exact) mass is 876 g/mol. The fourth-order valence-corrected chi connectivity index (χ4v) is 12.0. The number of esters is 1. The van der Waals surface area contributed by atoms with Gasteiger partial charge in [-0.1, -0.05) is 19.9 Å². The van der Waals surface area contributed by atoms with Crippen LogP contribution in [0.2, 0.25) is 0 Å². The number of methoxy groups -OCH3 is 3. The van der Waals surface area contributed by atoms with Crippen LogP contribution in [0.3, 0.4) is 0 Å². The molecule has 13 nitrogen and oxygen atoms in total. The molecular weight excluding hydrogens is 807 g/mol. The van der Waals surface area contributed by atoms with Crippen molar-refractivity contribution < 1.29 is 61.4 Å². The highest BCUT2D eigenvalue weighted by Gasteiger charge is 2.60. The third-order valence-corrected chi connectivity index (χ3v) is 15.1. The Bertz CT molecular complexity index is 1740. The smallest absolute Gasteiger partial charge is 0.306 e. The Kier molecular flexibility index (Phi) is 15.5. The minimum atomic E-state index is -1.05. The lowest BCUT2D eigenvalue weighted by molar-refractivity contribution is -0.314. The maximum absolute atomic E-state index is 15.5. The van der Waals surface area contributed by atoms with E-state index in [1.54, 1.807) is 21.3 Å². The van der Waals surface area contributed by atoms with Crippen molar-refractivity contribution in [3.8, 4) is 0 Å². The molecule has 0 radical (unpaired) electrons. The number of ether oxygens (including phenoxy) is 8. The Morgan fingerprint density at radius 2 is 1.61 bits per heavy atom. The number of nitrogens with zero attached hydrogens (tertiary/aromatic N) is 1. The van der Waals surface area contributed by atoms with Crippen LogP contribution in [0.15, 0.2) is 29.8 Å². The Labute approximate surface area is 365 Å². The summed E-state index contributed by atoms with van der Waals surface area (Å²) in [5.74, 6) is -4.69. The minimum absolute atomic E-state index is 0.0193. The van der Waals surface area contributed by atoms with Gasteiger partial charge in [-0.15, -0.1) is 0 Å². The van der Waals surface area contributed by atoms with E-state index < -0.39 is 78.4 Å². The molecule has 348 valence electrons. The molecule has 1 aromatic rings. The summed E-state index contributed by atoms with van der Waals surface area (Å²) in [6, 6.07) is 2.72. The predicted molar refractivity (Wildman–Crippen MR) is 225 cm³/mol. The first-order chi connectivity index (χ1) is 29.7. The molecular formula is C47H70F2N2O11. The number of aliphatic hydroxyl groups is 1. The van der Waals surface area contributed by atoms with Crippen molar-refractivity contribution in [2.75, 3.05) is 40.7 Å². The molecule has 0 spiro atoms. The van der Waals surface area contributed by atoms with Crippen molar-refractivity contribution in [1.82, 2.24) is 4.90 Å². The van der Waals surface area contributed by atoms with Crippen molar-refractivity contribution in [1.29, 1.82) is 0 Å². The Morgan fingerprint density at radius 3 is 2.27 bits per heavy atom.